The van der Waals surface area contributed by atoms with Crippen LogP contribution >= 0.6 is 11.8 Å². The number of carbonyl (C=O) groups is 3. The zero-order chi connectivity index (χ0) is 28.1. The molecule has 3 aromatic carbocycles. The lowest BCUT2D eigenvalue weighted by Gasteiger charge is -2.12. The molecular weight excluding hydrogens is 532 g/mol. The maximum absolute atomic E-state index is 12.8. The SMILES string of the molecule is COc1cc(/C=C2/SC(=O)N(CC(=O)Nc3ccccc3)C2=O)ccc1Oc1ccc([N+](=O)[O-])cc1[N+](=O)[O-]. The summed E-state index contributed by atoms with van der Waals surface area (Å²) >= 11 is 0.670. The van der Waals surface area contributed by atoms with E-state index in [1.54, 1.807) is 30.3 Å². The molecule has 1 saturated heterocycles. The largest absolute Gasteiger partial charge is 0.493 e. The molecule has 0 aliphatic carbocycles. The van der Waals surface area contributed by atoms with Crippen LogP contribution < -0.4 is 14.8 Å². The Morgan fingerprint density at radius 1 is 0.974 bits per heavy atom. The van der Waals surface area contributed by atoms with Crippen molar-refractivity contribution < 1.29 is 33.7 Å². The van der Waals surface area contributed by atoms with Gasteiger partial charge in [0, 0.05) is 11.8 Å². The van der Waals surface area contributed by atoms with Gasteiger partial charge in [0.05, 0.1) is 27.9 Å². The van der Waals surface area contributed by atoms with Crippen molar-refractivity contribution in [2.45, 2.75) is 0 Å². The molecular formula is C25H18N4O9S. The van der Waals surface area contributed by atoms with Crippen LogP contribution in [0, 0.1) is 20.2 Å². The number of hydrogen-bond donors (Lipinski definition) is 1. The number of nitro benzene ring substituents is 2. The van der Waals surface area contributed by atoms with Gasteiger partial charge in [-0.05, 0) is 53.7 Å². The molecule has 0 saturated carbocycles. The van der Waals surface area contributed by atoms with E-state index in [4.69, 9.17) is 9.47 Å². The van der Waals surface area contributed by atoms with Gasteiger partial charge in [0.15, 0.2) is 11.5 Å². The molecule has 0 spiro atoms. The van der Waals surface area contributed by atoms with E-state index in [1.165, 1.54) is 31.4 Å². The van der Waals surface area contributed by atoms with E-state index < -0.39 is 44.8 Å². The number of nitro groups is 2. The highest BCUT2D eigenvalue weighted by Gasteiger charge is 2.36. The Morgan fingerprint density at radius 2 is 1.69 bits per heavy atom. The van der Waals surface area contributed by atoms with Crippen LogP contribution in [-0.4, -0.2) is 45.5 Å². The van der Waals surface area contributed by atoms with E-state index in [-0.39, 0.29) is 22.2 Å². The predicted octanol–water partition coefficient (Wildman–Crippen LogP) is 4.98. The fraction of sp³-hybridized carbons (Fsp3) is 0.0800. The van der Waals surface area contributed by atoms with Crippen molar-refractivity contribution in [3.8, 4) is 17.2 Å². The van der Waals surface area contributed by atoms with Crippen LogP contribution in [0.3, 0.4) is 0 Å². The quantitative estimate of drug-likeness (QED) is 0.218. The smallest absolute Gasteiger partial charge is 0.318 e. The number of para-hydroxylation sites is 1. The Bertz CT molecular complexity index is 1530. The Hall–Kier alpha value is -5.24. The number of rotatable bonds is 9. The third kappa shape index (κ3) is 6.19. The number of thioether (sulfide) groups is 1. The van der Waals surface area contributed by atoms with Gasteiger partial charge in [-0.2, -0.15) is 0 Å². The van der Waals surface area contributed by atoms with Gasteiger partial charge < -0.3 is 14.8 Å². The fourth-order valence-corrected chi connectivity index (χ4v) is 4.32. The molecule has 198 valence electrons. The molecule has 13 nitrogen and oxygen atoms in total. The Morgan fingerprint density at radius 3 is 2.36 bits per heavy atom. The summed E-state index contributed by atoms with van der Waals surface area (Å²) in [6.45, 7) is -0.457. The topological polar surface area (TPSA) is 171 Å². The number of nitrogens with one attached hydrogen (secondary N) is 1. The Balaban J connectivity index is 1.51. The predicted molar refractivity (Wildman–Crippen MR) is 141 cm³/mol. The van der Waals surface area contributed by atoms with Crippen LogP contribution in [0.5, 0.6) is 17.2 Å². The average Bonchev–Trinajstić information content (AvgIpc) is 3.17. The van der Waals surface area contributed by atoms with E-state index in [0.717, 1.165) is 23.1 Å². The first kappa shape index (κ1) is 26.8. The fourth-order valence-electron chi connectivity index (χ4n) is 3.48. The van der Waals surface area contributed by atoms with Gasteiger partial charge in [-0.25, -0.2) is 0 Å². The minimum atomic E-state index is -0.806. The minimum absolute atomic E-state index is 0.0669. The van der Waals surface area contributed by atoms with Crippen molar-refractivity contribution >= 4 is 52.0 Å². The number of anilines is 1. The first-order valence-electron chi connectivity index (χ1n) is 11.0. The zero-order valence-corrected chi connectivity index (χ0v) is 20.9. The molecule has 1 aliphatic rings. The van der Waals surface area contributed by atoms with Crippen molar-refractivity contribution in [1.29, 1.82) is 0 Å². The van der Waals surface area contributed by atoms with Crippen LogP contribution in [0.2, 0.25) is 0 Å². The van der Waals surface area contributed by atoms with E-state index >= 15 is 0 Å². The normalized spacial score (nSPS) is 13.9. The second-order valence-corrected chi connectivity index (χ2v) is 8.85. The van der Waals surface area contributed by atoms with Crippen LogP contribution in [0.1, 0.15) is 5.56 Å². The van der Waals surface area contributed by atoms with E-state index in [2.05, 4.69) is 5.32 Å². The standard InChI is InChI=1S/C25H18N4O9S/c1-37-21-11-15(7-9-20(21)38-19-10-8-17(28(33)34)13-18(19)29(35)36)12-22-24(31)27(25(32)39-22)14-23(30)26-16-5-3-2-4-6-16/h2-13H,14H2,1H3,(H,26,30)/b22-12+. The summed E-state index contributed by atoms with van der Waals surface area (Å²) in [4.78, 5) is 59.3. The summed E-state index contributed by atoms with van der Waals surface area (Å²) in [5.41, 5.74) is -0.113. The first-order valence-corrected chi connectivity index (χ1v) is 11.9. The van der Waals surface area contributed by atoms with Crippen molar-refractivity contribution in [1.82, 2.24) is 4.90 Å². The summed E-state index contributed by atoms with van der Waals surface area (Å²) in [6.07, 6.45) is 1.43. The number of methoxy groups -OCH3 is 1. The zero-order valence-electron chi connectivity index (χ0n) is 20.1. The highest BCUT2D eigenvalue weighted by Crippen LogP contribution is 2.39. The van der Waals surface area contributed by atoms with Gasteiger partial charge >= 0.3 is 5.69 Å². The molecule has 0 aromatic heterocycles. The molecule has 1 N–H and O–H groups in total. The lowest BCUT2D eigenvalue weighted by Crippen LogP contribution is -2.36. The summed E-state index contributed by atoms with van der Waals surface area (Å²) in [7, 11) is 1.33. The van der Waals surface area contributed by atoms with Gasteiger partial charge in [0.2, 0.25) is 11.7 Å². The molecule has 39 heavy (non-hydrogen) atoms. The third-order valence-electron chi connectivity index (χ3n) is 5.29. The highest BCUT2D eigenvalue weighted by molar-refractivity contribution is 8.18. The van der Waals surface area contributed by atoms with Crippen molar-refractivity contribution in [3.63, 3.8) is 0 Å². The van der Waals surface area contributed by atoms with Crippen molar-refractivity contribution in [2.75, 3.05) is 19.0 Å². The average molecular weight is 551 g/mol. The number of hydrogen-bond acceptors (Lipinski definition) is 10. The molecule has 0 radical (unpaired) electrons. The number of ether oxygens (including phenoxy) is 2. The van der Waals surface area contributed by atoms with Crippen molar-refractivity contribution in [3.05, 3.63) is 97.4 Å². The van der Waals surface area contributed by atoms with Gasteiger partial charge in [-0.1, -0.05) is 24.3 Å². The summed E-state index contributed by atoms with van der Waals surface area (Å²) in [5, 5.41) is 24.4. The van der Waals surface area contributed by atoms with Crippen LogP contribution in [0.15, 0.2) is 71.6 Å². The maximum Gasteiger partial charge on any atom is 0.318 e. The van der Waals surface area contributed by atoms with Crippen LogP contribution in [0.25, 0.3) is 6.08 Å². The summed E-state index contributed by atoms with van der Waals surface area (Å²) < 4.78 is 10.9. The van der Waals surface area contributed by atoms with Gasteiger partial charge in [0.25, 0.3) is 16.8 Å². The van der Waals surface area contributed by atoms with Gasteiger partial charge in [-0.3, -0.25) is 39.5 Å². The molecule has 1 heterocycles. The molecule has 0 bridgehead atoms. The first-order chi connectivity index (χ1) is 18.7. The molecule has 3 amide bonds. The number of non-ortho nitro benzene ring substituents is 1. The van der Waals surface area contributed by atoms with Crippen LogP contribution in [0.4, 0.5) is 21.9 Å². The lowest BCUT2D eigenvalue weighted by molar-refractivity contribution is -0.394. The minimum Gasteiger partial charge on any atom is -0.493 e. The van der Waals surface area contributed by atoms with Gasteiger partial charge in [0.1, 0.15) is 6.54 Å². The molecule has 3 aromatic rings. The molecule has 1 aliphatic heterocycles. The second-order valence-electron chi connectivity index (χ2n) is 7.86. The number of amides is 3. The van der Waals surface area contributed by atoms with Crippen LogP contribution in [-0.2, 0) is 9.59 Å². The number of benzene rings is 3. The number of carbonyl (C=O) groups excluding carboxylic acids is 3. The molecule has 1 fully saturated rings. The number of imide groups is 1. The second kappa shape index (κ2) is 11.4. The Kier molecular flexibility index (Phi) is 7.86. The summed E-state index contributed by atoms with van der Waals surface area (Å²) in [5.74, 6) is -1.22. The van der Waals surface area contributed by atoms with E-state index in [1.807, 2.05) is 0 Å². The van der Waals surface area contributed by atoms with Gasteiger partial charge in [-0.15, -0.1) is 0 Å². The molecule has 0 atom stereocenters. The maximum atomic E-state index is 12.8. The lowest BCUT2D eigenvalue weighted by atomic mass is 10.1. The molecule has 14 heteroatoms. The highest BCUT2D eigenvalue weighted by atomic mass is 32.2. The molecule has 4 rings (SSSR count). The van der Waals surface area contributed by atoms with E-state index in [0.29, 0.717) is 23.0 Å². The molecule has 0 unspecified atom stereocenters. The Labute approximate surface area is 224 Å². The van der Waals surface area contributed by atoms with E-state index in [9.17, 15) is 34.6 Å². The summed E-state index contributed by atoms with van der Waals surface area (Å²) in [6, 6.07) is 16.0. The monoisotopic (exact) mass is 550 g/mol. The third-order valence-corrected chi connectivity index (χ3v) is 6.20. The number of nitrogens with zero attached hydrogens (tertiary/aromatic N) is 3. The van der Waals surface area contributed by atoms with Crippen molar-refractivity contribution in [2.24, 2.45) is 0 Å².